The third-order valence-corrected chi connectivity index (χ3v) is 2.99. The number of ether oxygens (including phenoxy) is 1. The van der Waals surface area contributed by atoms with E-state index >= 15 is 0 Å². The fourth-order valence-electron chi connectivity index (χ4n) is 1.66. The third kappa shape index (κ3) is 3.48. The number of methoxy groups -OCH3 is 1. The van der Waals surface area contributed by atoms with Gasteiger partial charge in [-0.15, -0.1) is 0 Å². The van der Waals surface area contributed by atoms with E-state index in [1.54, 1.807) is 7.11 Å². The van der Waals surface area contributed by atoms with Crippen LogP contribution in [0.5, 0.6) is 5.75 Å². The second-order valence-electron chi connectivity index (χ2n) is 3.92. The molecule has 0 spiro atoms. The molecule has 0 saturated heterocycles. The van der Waals surface area contributed by atoms with Crippen LogP contribution in [0, 0.1) is 0 Å². The molecular formula is C13H14ClN3O2. The first-order valence-corrected chi connectivity index (χ1v) is 6.18. The first-order valence-electron chi connectivity index (χ1n) is 5.80. The van der Waals surface area contributed by atoms with E-state index in [1.807, 2.05) is 24.3 Å². The van der Waals surface area contributed by atoms with E-state index in [4.69, 9.17) is 16.3 Å². The maximum absolute atomic E-state index is 11.3. The summed E-state index contributed by atoms with van der Waals surface area (Å²) in [6.07, 6.45) is 2.10. The summed E-state index contributed by atoms with van der Waals surface area (Å²) in [6, 6.07) is 7.81. The molecule has 0 radical (unpaired) electrons. The van der Waals surface area contributed by atoms with Gasteiger partial charge in [-0.05, 0) is 24.1 Å². The van der Waals surface area contributed by atoms with Gasteiger partial charge in [-0.1, -0.05) is 23.7 Å². The monoisotopic (exact) mass is 279 g/mol. The van der Waals surface area contributed by atoms with Gasteiger partial charge >= 0.3 is 0 Å². The van der Waals surface area contributed by atoms with Crippen LogP contribution in [-0.4, -0.2) is 23.6 Å². The van der Waals surface area contributed by atoms with Crippen molar-refractivity contribution in [2.45, 2.75) is 6.42 Å². The molecule has 2 rings (SSSR count). The van der Waals surface area contributed by atoms with Crippen LogP contribution in [0.15, 0.2) is 35.4 Å². The molecule has 0 fully saturated rings. The van der Waals surface area contributed by atoms with Crippen molar-refractivity contribution in [3.05, 3.63) is 51.5 Å². The molecule has 1 aromatic heterocycles. The van der Waals surface area contributed by atoms with Gasteiger partial charge in [-0.3, -0.25) is 4.79 Å². The van der Waals surface area contributed by atoms with Gasteiger partial charge in [-0.25, -0.2) is 4.98 Å². The molecule has 2 N–H and O–H groups in total. The summed E-state index contributed by atoms with van der Waals surface area (Å²) in [6.45, 7) is 0.628. The number of benzene rings is 1. The number of aromatic nitrogens is 2. The highest BCUT2D eigenvalue weighted by Gasteiger charge is 2.04. The van der Waals surface area contributed by atoms with Crippen LogP contribution in [0.1, 0.15) is 5.56 Å². The Morgan fingerprint density at radius 1 is 1.47 bits per heavy atom. The van der Waals surface area contributed by atoms with Crippen molar-refractivity contribution in [1.29, 1.82) is 0 Å². The standard InChI is InChI=1S/C13H14ClN3O2/c1-19-10-4-2-3-9(7-10)5-6-15-12-11(14)13(18)17-8-16-12/h2-4,7-8H,5-6H2,1H3,(H2,15,16,17,18). The van der Waals surface area contributed by atoms with Gasteiger partial charge in [0.05, 0.1) is 13.4 Å². The van der Waals surface area contributed by atoms with Crippen molar-refractivity contribution in [3.8, 4) is 5.75 Å². The van der Waals surface area contributed by atoms with Gasteiger partial charge in [0.25, 0.3) is 5.56 Å². The molecule has 0 aliphatic heterocycles. The van der Waals surface area contributed by atoms with Crippen LogP contribution in [0.25, 0.3) is 0 Å². The van der Waals surface area contributed by atoms with Crippen molar-refractivity contribution >= 4 is 17.4 Å². The lowest BCUT2D eigenvalue weighted by molar-refractivity contribution is 0.414. The molecule has 0 amide bonds. The van der Waals surface area contributed by atoms with Gasteiger partial charge in [0.1, 0.15) is 10.8 Å². The molecule has 0 aliphatic carbocycles. The minimum Gasteiger partial charge on any atom is -0.497 e. The molecular weight excluding hydrogens is 266 g/mol. The van der Waals surface area contributed by atoms with Crippen LogP contribution >= 0.6 is 11.6 Å². The number of anilines is 1. The van der Waals surface area contributed by atoms with Crippen LogP contribution in [0.4, 0.5) is 5.82 Å². The lowest BCUT2D eigenvalue weighted by Gasteiger charge is -2.07. The summed E-state index contributed by atoms with van der Waals surface area (Å²) < 4.78 is 5.15. The first-order chi connectivity index (χ1) is 9.20. The van der Waals surface area contributed by atoms with Crippen LogP contribution in [0.2, 0.25) is 5.02 Å². The normalized spacial score (nSPS) is 10.2. The summed E-state index contributed by atoms with van der Waals surface area (Å²) in [7, 11) is 1.64. The number of aromatic amines is 1. The zero-order valence-electron chi connectivity index (χ0n) is 10.4. The average Bonchev–Trinajstić information content (AvgIpc) is 2.44. The largest absolute Gasteiger partial charge is 0.497 e. The summed E-state index contributed by atoms with van der Waals surface area (Å²) in [5.41, 5.74) is 0.786. The lowest BCUT2D eigenvalue weighted by Crippen LogP contribution is -2.13. The summed E-state index contributed by atoms with van der Waals surface area (Å²) in [4.78, 5) is 17.7. The fourth-order valence-corrected chi connectivity index (χ4v) is 1.83. The molecule has 0 aliphatic rings. The molecule has 6 heteroatoms. The SMILES string of the molecule is COc1cccc(CCNc2nc[nH]c(=O)c2Cl)c1. The number of hydrogen-bond acceptors (Lipinski definition) is 4. The molecule has 5 nitrogen and oxygen atoms in total. The maximum atomic E-state index is 11.3. The summed E-state index contributed by atoms with van der Waals surface area (Å²) in [5.74, 6) is 1.22. The van der Waals surface area contributed by atoms with E-state index in [2.05, 4.69) is 15.3 Å². The Morgan fingerprint density at radius 3 is 3.11 bits per heavy atom. The zero-order chi connectivity index (χ0) is 13.7. The smallest absolute Gasteiger partial charge is 0.271 e. The molecule has 0 atom stereocenters. The second kappa shape index (κ2) is 6.24. The van der Waals surface area contributed by atoms with Gasteiger partial charge in [-0.2, -0.15) is 0 Å². The predicted molar refractivity (Wildman–Crippen MR) is 75.1 cm³/mol. The van der Waals surface area contributed by atoms with Gasteiger partial charge in [0, 0.05) is 6.54 Å². The molecule has 1 heterocycles. The van der Waals surface area contributed by atoms with E-state index in [0.29, 0.717) is 12.4 Å². The number of halogens is 1. The van der Waals surface area contributed by atoms with Crippen molar-refractivity contribution in [1.82, 2.24) is 9.97 Å². The minimum atomic E-state index is -0.347. The quantitative estimate of drug-likeness (QED) is 0.879. The number of hydrogen-bond donors (Lipinski definition) is 2. The Bertz CT molecular complexity index is 613. The van der Waals surface area contributed by atoms with Crippen molar-refractivity contribution in [3.63, 3.8) is 0 Å². The van der Waals surface area contributed by atoms with Gasteiger partial charge in [0.15, 0.2) is 5.82 Å². The molecule has 2 aromatic rings. The summed E-state index contributed by atoms with van der Waals surface area (Å²) in [5, 5.41) is 3.11. The number of nitrogens with one attached hydrogen (secondary N) is 2. The van der Waals surface area contributed by atoms with Crippen LogP contribution in [0.3, 0.4) is 0 Å². The van der Waals surface area contributed by atoms with E-state index < -0.39 is 0 Å². The molecule has 0 bridgehead atoms. The van der Waals surface area contributed by atoms with Crippen molar-refractivity contribution in [2.24, 2.45) is 0 Å². The number of nitrogens with zero attached hydrogens (tertiary/aromatic N) is 1. The molecule has 100 valence electrons. The zero-order valence-corrected chi connectivity index (χ0v) is 11.2. The third-order valence-electron chi connectivity index (χ3n) is 2.64. The maximum Gasteiger partial charge on any atom is 0.271 e. The van der Waals surface area contributed by atoms with Crippen LogP contribution in [-0.2, 0) is 6.42 Å². The topological polar surface area (TPSA) is 67.0 Å². The van der Waals surface area contributed by atoms with Crippen molar-refractivity contribution < 1.29 is 4.74 Å². The Balaban J connectivity index is 1.96. The molecule has 19 heavy (non-hydrogen) atoms. The minimum absolute atomic E-state index is 0.0770. The number of H-pyrrole nitrogens is 1. The average molecular weight is 280 g/mol. The first kappa shape index (κ1) is 13.4. The highest BCUT2D eigenvalue weighted by atomic mass is 35.5. The highest BCUT2D eigenvalue weighted by Crippen LogP contribution is 2.14. The lowest BCUT2D eigenvalue weighted by atomic mass is 10.1. The Morgan fingerprint density at radius 2 is 2.32 bits per heavy atom. The molecule has 1 aromatic carbocycles. The van der Waals surface area contributed by atoms with E-state index in [0.717, 1.165) is 17.7 Å². The highest BCUT2D eigenvalue weighted by molar-refractivity contribution is 6.32. The van der Waals surface area contributed by atoms with Gasteiger partial charge < -0.3 is 15.0 Å². The van der Waals surface area contributed by atoms with Crippen LogP contribution < -0.4 is 15.6 Å². The fraction of sp³-hybridized carbons (Fsp3) is 0.231. The van der Waals surface area contributed by atoms with E-state index in [9.17, 15) is 4.79 Å². The van der Waals surface area contributed by atoms with Crippen molar-refractivity contribution in [2.75, 3.05) is 19.0 Å². The Kier molecular flexibility index (Phi) is 4.41. The second-order valence-corrected chi connectivity index (χ2v) is 4.30. The summed E-state index contributed by atoms with van der Waals surface area (Å²) >= 11 is 5.83. The number of rotatable bonds is 5. The van der Waals surface area contributed by atoms with E-state index in [-0.39, 0.29) is 10.6 Å². The molecule has 0 unspecified atom stereocenters. The Hall–Kier alpha value is -2.01. The Labute approximate surface area is 115 Å². The predicted octanol–water partition coefficient (Wildman–Crippen LogP) is 2.09. The molecule has 0 saturated carbocycles. The van der Waals surface area contributed by atoms with E-state index in [1.165, 1.54) is 6.33 Å². The van der Waals surface area contributed by atoms with Gasteiger partial charge in [0.2, 0.25) is 0 Å².